The Morgan fingerprint density at radius 2 is 1.86 bits per heavy atom. The molecule has 0 spiro atoms. The Morgan fingerprint density at radius 1 is 1.14 bits per heavy atom. The average molecular weight is 409 g/mol. The van der Waals surface area contributed by atoms with Gasteiger partial charge in [-0.25, -0.2) is 0 Å². The molecule has 0 bridgehead atoms. The van der Waals surface area contributed by atoms with Crippen LogP contribution in [0, 0.1) is 5.92 Å². The van der Waals surface area contributed by atoms with Crippen molar-refractivity contribution in [3.8, 4) is 11.4 Å². The second-order valence-corrected chi connectivity index (χ2v) is 9.75. The van der Waals surface area contributed by atoms with Gasteiger partial charge in [-0.2, -0.15) is 0 Å². The summed E-state index contributed by atoms with van der Waals surface area (Å²) < 4.78 is 2.36. The SMILES string of the molecule is NC1CCC(Cc2nc(-c3ccc(C4C[I-]4)cc3)n[nH]2)CC1. The zero-order chi connectivity index (χ0) is 14.9. The predicted octanol–water partition coefficient (Wildman–Crippen LogP) is -0.325. The van der Waals surface area contributed by atoms with Crippen molar-refractivity contribution < 1.29 is 21.2 Å². The van der Waals surface area contributed by atoms with Gasteiger partial charge in [0.05, 0.1) is 0 Å². The fourth-order valence-electron chi connectivity index (χ4n) is 3.25. The van der Waals surface area contributed by atoms with Gasteiger partial charge in [-0.3, -0.25) is 0 Å². The zero-order valence-corrected chi connectivity index (χ0v) is 14.8. The Bertz CT molecular complexity index is 624. The molecular formula is C17H22IN4-. The van der Waals surface area contributed by atoms with Crippen molar-refractivity contribution in [1.29, 1.82) is 0 Å². The molecule has 1 atom stereocenters. The maximum absolute atomic E-state index is 5.97. The average Bonchev–Trinajstić information content (AvgIpc) is 3.30. The Labute approximate surface area is 141 Å². The summed E-state index contributed by atoms with van der Waals surface area (Å²) in [7, 11) is 0. The number of aromatic nitrogens is 3. The molecule has 1 saturated heterocycles. The van der Waals surface area contributed by atoms with E-state index < -0.39 is 0 Å². The van der Waals surface area contributed by atoms with Gasteiger partial charge >= 0.3 is 130 Å². The molecule has 4 rings (SSSR count). The van der Waals surface area contributed by atoms with Crippen LogP contribution in [0.5, 0.6) is 0 Å². The number of alkyl halides is 2. The molecule has 22 heavy (non-hydrogen) atoms. The minimum atomic E-state index is 0.411. The van der Waals surface area contributed by atoms with Crippen molar-refractivity contribution in [1.82, 2.24) is 15.2 Å². The van der Waals surface area contributed by atoms with Gasteiger partial charge in [0, 0.05) is 6.04 Å². The van der Waals surface area contributed by atoms with Crippen LogP contribution in [0.3, 0.4) is 0 Å². The van der Waals surface area contributed by atoms with E-state index in [0.29, 0.717) is 33.2 Å². The van der Waals surface area contributed by atoms with Gasteiger partial charge in [0.25, 0.3) is 0 Å². The number of aromatic amines is 1. The van der Waals surface area contributed by atoms with Crippen LogP contribution in [-0.2, 0) is 6.42 Å². The Hall–Kier alpha value is -0.950. The van der Waals surface area contributed by atoms with Crippen LogP contribution in [0.4, 0.5) is 0 Å². The van der Waals surface area contributed by atoms with Crippen molar-refractivity contribution in [2.24, 2.45) is 11.7 Å². The number of nitrogens with zero attached hydrogens (tertiary/aromatic N) is 2. The summed E-state index contributed by atoms with van der Waals surface area (Å²) in [6, 6.07) is 9.26. The van der Waals surface area contributed by atoms with E-state index in [1.807, 2.05) is 0 Å². The monoisotopic (exact) mass is 409 g/mol. The predicted molar refractivity (Wildman–Crippen MR) is 83.1 cm³/mol. The molecule has 1 saturated carbocycles. The van der Waals surface area contributed by atoms with Crippen LogP contribution < -0.4 is 26.9 Å². The molecule has 1 aromatic heterocycles. The normalized spacial score (nSPS) is 28.1. The number of nitrogens with two attached hydrogens (primary N) is 1. The number of hydrogen-bond donors (Lipinski definition) is 2. The molecule has 118 valence electrons. The molecule has 1 unspecified atom stereocenters. The molecule has 4 nitrogen and oxygen atoms in total. The molecule has 2 aliphatic rings. The van der Waals surface area contributed by atoms with Crippen LogP contribution in [-0.4, -0.2) is 25.7 Å². The fourth-order valence-corrected chi connectivity index (χ4v) is 4.93. The van der Waals surface area contributed by atoms with Crippen molar-refractivity contribution >= 4 is 0 Å². The standard InChI is InChI=1S/C17H22IN4/c19-14-7-1-11(2-8-14)9-16-20-17(22-21-16)13-5-3-12(4-6-13)15-10-18-15/h3-6,11,14-15H,1-2,7-10,19H2,(H,20,21,22)/q-1. The summed E-state index contributed by atoms with van der Waals surface area (Å²) in [5.74, 6) is 2.56. The van der Waals surface area contributed by atoms with Crippen LogP contribution >= 0.6 is 0 Å². The van der Waals surface area contributed by atoms with E-state index in [1.165, 1.54) is 22.8 Å². The molecule has 1 aliphatic heterocycles. The molecule has 2 fully saturated rings. The van der Waals surface area contributed by atoms with E-state index >= 15 is 0 Å². The zero-order valence-electron chi connectivity index (χ0n) is 12.6. The van der Waals surface area contributed by atoms with E-state index in [9.17, 15) is 0 Å². The number of nitrogens with one attached hydrogen (secondary N) is 1. The topological polar surface area (TPSA) is 67.6 Å². The summed E-state index contributed by atoms with van der Waals surface area (Å²) in [4.78, 5) is 4.69. The van der Waals surface area contributed by atoms with Crippen molar-refractivity contribution in [3.05, 3.63) is 35.7 Å². The van der Waals surface area contributed by atoms with E-state index in [0.717, 1.165) is 40.4 Å². The third kappa shape index (κ3) is 3.35. The molecule has 0 amide bonds. The van der Waals surface area contributed by atoms with Gasteiger partial charge < -0.3 is 5.73 Å². The molecule has 0 radical (unpaired) electrons. The first-order chi connectivity index (χ1) is 10.8. The minimum absolute atomic E-state index is 0.411. The quantitative estimate of drug-likeness (QED) is 0.537. The van der Waals surface area contributed by atoms with Crippen molar-refractivity contribution in [2.45, 2.75) is 42.1 Å². The molecule has 1 aromatic carbocycles. The first kappa shape index (κ1) is 14.6. The third-order valence-electron chi connectivity index (χ3n) is 4.74. The summed E-state index contributed by atoms with van der Waals surface area (Å²) in [5.41, 5.74) is 8.60. The summed E-state index contributed by atoms with van der Waals surface area (Å²) in [6.45, 7) is 0. The van der Waals surface area contributed by atoms with E-state index in [2.05, 4.69) is 34.5 Å². The van der Waals surface area contributed by atoms with Crippen LogP contribution in [0.15, 0.2) is 24.3 Å². The number of hydrogen-bond acceptors (Lipinski definition) is 3. The first-order valence-corrected chi connectivity index (χ1v) is 10.9. The second kappa shape index (κ2) is 6.28. The second-order valence-electron chi connectivity index (χ2n) is 6.49. The molecule has 2 heterocycles. The van der Waals surface area contributed by atoms with Gasteiger partial charge in [-0.15, -0.1) is 0 Å². The number of H-pyrrole nitrogens is 1. The van der Waals surface area contributed by atoms with Gasteiger partial charge in [0.2, 0.25) is 0 Å². The Balaban J connectivity index is 1.42. The van der Waals surface area contributed by atoms with E-state index in [1.54, 1.807) is 0 Å². The first-order valence-electron chi connectivity index (χ1n) is 8.13. The van der Waals surface area contributed by atoms with E-state index in [-0.39, 0.29) is 0 Å². The summed E-state index contributed by atoms with van der Waals surface area (Å²) in [5, 5.41) is 7.53. The van der Waals surface area contributed by atoms with Crippen LogP contribution in [0.25, 0.3) is 11.4 Å². The molecule has 1 aliphatic carbocycles. The number of benzene rings is 1. The van der Waals surface area contributed by atoms with Gasteiger partial charge in [-0.1, -0.05) is 0 Å². The molecule has 2 aromatic rings. The summed E-state index contributed by atoms with van der Waals surface area (Å²) in [6.07, 6.45) is 5.74. The Kier molecular flexibility index (Phi) is 4.17. The van der Waals surface area contributed by atoms with Crippen LogP contribution in [0.1, 0.15) is 41.0 Å². The van der Waals surface area contributed by atoms with Crippen molar-refractivity contribution in [3.63, 3.8) is 0 Å². The Morgan fingerprint density at radius 3 is 2.55 bits per heavy atom. The van der Waals surface area contributed by atoms with Gasteiger partial charge in [0.1, 0.15) is 0 Å². The van der Waals surface area contributed by atoms with Crippen LogP contribution in [0.2, 0.25) is 0 Å². The molecule has 3 N–H and O–H groups in total. The number of rotatable bonds is 4. The number of halogens is 1. The van der Waals surface area contributed by atoms with Crippen molar-refractivity contribution in [2.75, 3.05) is 4.43 Å². The fraction of sp³-hybridized carbons (Fsp3) is 0.529. The molecule has 5 heteroatoms. The third-order valence-corrected chi connectivity index (χ3v) is 7.23. The van der Waals surface area contributed by atoms with Gasteiger partial charge in [0.15, 0.2) is 0 Å². The van der Waals surface area contributed by atoms with Gasteiger partial charge in [-0.05, 0) is 0 Å². The molecular weight excluding hydrogens is 387 g/mol. The van der Waals surface area contributed by atoms with E-state index in [4.69, 9.17) is 10.7 Å². The summed E-state index contributed by atoms with van der Waals surface area (Å²) >= 11 is 0.474. The maximum atomic E-state index is 5.97.